The molecule has 2 rings (SSSR count). The molecule has 1 aromatic heterocycles. The third kappa shape index (κ3) is 4.72. The Morgan fingerprint density at radius 1 is 1.38 bits per heavy atom. The molecule has 0 radical (unpaired) electrons. The number of amides is 1. The van der Waals surface area contributed by atoms with Crippen molar-refractivity contribution < 1.29 is 27.9 Å². The molecule has 0 saturated heterocycles. The van der Waals surface area contributed by atoms with Crippen molar-refractivity contribution in [2.45, 2.75) is 32.0 Å². The highest BCUT2D eigenvalue weighted by Gasteiger charge is 2.37. The molecule has 0 fully saturated rings. The maximum atomic E-state index is 12.5. The summed E-state index contributed by atoms with van der Waals surface area (Å²) in [5, 5.41) is 18.7. The fraction of sp³-hybridized carbons (Fsp3) is 0.333. The number of carbonyl (C=O) groups excluding carboxylic acids is 1. The minimum Gasteiger partial charge on any atom is -0.480 e. The van der Waals surface area contributed by atoms with Gasteiger partial charge in [0.15, 0.2) is 5.69 Å². The third-order valence-electron chi connectivity index (χ3n) is 3.40. The van der Waals surface area contributed by atoms with Crippen LogP contribution in [0.25, 0.3) is 5.69 Å². The molecule has 0 aliphatic carbocycles. The minimum absolute atomic E-state index is 0.249. The number of rotatable bonds is 6. The number of nitrogens with one attached hydrogen (secondary N) is 1. The molecule has 0 aliphatic rings. The Morgan fingerprint density at radius 2 is 2.08 bits per heavy atom. The molecule has 0 aliphatic heterocycles. The second kappa shape index (κ2) is 7.73. The lowest BCUT2D eigenvalue weighted by molar-refractivity contribution is -0.157. The predicted octanol–water partition coefficient (Wildman–Crippen LogP) is 2.62. The second-order valence-corrected chi connectivity index (χ2v) is 5.75. The number of aromatic nitrogens is 3. The Kier molecular flexibility index (Phi) is 5.86. The highest BCUT2D eigenvalue weighted by molar-refractivity contribution is 6.30. The first-order valence-electron chi connectivity index (χ1n) is 7.43. The van der Waals surface area contributed by atoms with Crippen LogP contribution in [0.4, 0.5) is 13.2 Å². The van der Waals surface area contributed by atoms with Gasteiger partial charge in [-0.05, 0) is 24.6 Å². The first-order valence-corrected chi connectivity index (χ1v) is 7.81. The minimum atomic E-state index is -4.75. The van der Waals surface area contributed by atoms with Crippen LogP contribution in [0.15, 0.2) is 24.3 Å². The first kappa shape index (κ1) is 19.7. The average Bonchev–Trinajstić information content (AvgIpc) is 2.96. The second-order valence-electron chi connectivity index (χ2n) is 5.31. The molecule has 0 saturated carbocycles. The van der Waals surface area contributed by atoms with Gasteiger partial charge in [0.2, 0.25) is 0 Å². The van der Waals surface area contributed by atoms with Crippen molar-refractivity contribution in [1.82, 2.24) is 20.3 Å². The maximum Gasteiger partial charge on any atom is 0.391 e. The van der Waals surface area contributed by atoms with Gasteiger partial charge in [0.1, 0.15) is 6.04 Å². The molecule has 1 aromatic carbocycles. The Morgan fingerprint density at radius 3 is 2.62 bits per heavy atom. The van der Waals surface area contributed by atoms with Gasteiger partial charge in [-0.1, -0.05) is 29.8 Å². The number of alkyl halides is 3. The van der Waals surface area contributed by atoms with Crippen molar-refractivity contribution in [2.24, 2.45) is 0 Å². The summed E-state index contributed by atoms with van der Waals surface area (Å²) in [7, 11) is 0. The van der Waals surface area contributed by atoms with E-state index in [1.807, 2.05) is 5.32 Å². The Labute approximate surface area is 150 Å². The van der Waals surface area contributed by atoms with Crippen molar-refractivity contribution in [1.29, 1.82) is 0 Å². The van der Waals surface area contributed by atoms with E-state index in [2.05, 4.69) is 10.3 Å². The zero-order valence-corrected chi connectivity index (χ0v) is 14.2. The molecule has 1 amide bonds. The van der Waals surface area contributed by atoms with Gasteiger partial charge >= 0.3 is 12.1 Å². The fourth-order valence-electron chi connectivity index (χ4n) is 2.27. The lowest BCUT2D eigenvalue weighted by Gasteiger charge is -2.16. The van der Waals surface area contributed by atoms with Crippen LogP contribution in [-0.2, 0) is 11.2 Å². The van der Waals surface area contributed by atoms with E-state index < -0.39 is 30.5 Å². The summed E-state index contributed by atoms with van der Waals surface area (Å²) in [5.41, 5.74) is 0.563. The van der Waals surface area contributed by atoms with Crippen LogP contribution in [0.5, 0.6) is 0 Å². The highest BCUT2D eigenvalue weighted by Crippen LogP contribution is 2.22. The molecule has 26 heavy (non-hydrogen) atoms. The number of nitrogens with zero attached hydrogens (tertiary/aromatic N) is 3. The van der Waals surface area contributed by atoms with Gasteiger partial charge in [-0.15, -0.1) is 5.10 Å². The van der Waals surface area contributed by atoms with Gasteiger partial charge < -0.3 is 10.4 Å². The average molecular weight is 391 g/mol. The van der Waals surface area contributed by atoms with Crippen molar-refractivity contribution in [2.75, 3.05) is 0 Å². The Hall–Kier alpha value is -2.62. The summed E-state index contributed by atoms with van der Waals surface area (Å²) in [6, 6.07) is 4.40. The standard InChI is InChI=1S/C15H14ClF3N4O3/c1-2-11-12(13(24)20-10(14(25)26)7-15(17,18)19)21-22-23(11)9-5-3-4-8(16)6-9/h3-6,10H,2,7H2,1H3,(H,20,24)(H,25,26). The van der Waals surface area contributed by atoms with Crippen LogP contribution in [0.2, 0.25) is 5.02 Å². The van der Waals surface area contributed by atoms with Crippen molar-refractivity contribution in [3.63, 3.8) is 0 Å². The van der Waals surface area contributed by atoms with Crippen LogP contribution in [0, 0.1) is 0 Å². The smallest absolute Gasteiger partial charge is 0.391 e. The molecule has 1 heterocycles. The molecular weight excluding hydrogens is 377 g/mol. The molecule has 140 valence electrons. The lowest BCUT2D eigenvalue weighted by Crippen LogP contribution is -2.44. The normalized spacial score (nSPS) is 12.7. The Balaban J connectivity index is 2.30. The van der Waals surface area contributed by atoms with Gasteiger partial charge in [0, 0.05) is 5.02 Å². The van der Waals surface area contributed by atoms with E-state index in [4.69, 9.17) is 16.7 Å². The number of hydrogen-bond donors (Lipinski definition) is 2. The molecule has 7 nitrogen and oxygen atoms in total. The molecule has 2 N–H and O–H groups in total. The van der Waals surface area contributed by atoms with Gasteiger partial charge in [-0.2, -0.15) is 13.2 Å². The maximum absolute atomic E-state index is 12.5. The molecule has 1 atom stereocenters. The van der Waals surface area contributed by atoms with E-state index in [1.165, 1.54) is 4.68 Å². The molecule has 0 bridgehead atoms. The number of aliphatic carboxylic acids is 1. The van der Waals surface area contributed by atoms with Crippen LogP contribution in [0.1, 0.15) is 29.5 Å². The number of benzene rings is 1. The highest BCUT2D eigenvalue weighted by atomic mass is 35.5. The van der Waals surface area contributed by atoms with E-state index in [0.29, 0.717) is 16.4 Å². The summed E-state index contributed by atoms with van der Waals surface area (Å²) >= 11 is 5.91. The summed E-state index contributed by atoms with van der Waals surface area (Å²) in [6.45, 7) is 1.70. The van der Waals surface area contributed by atoms with Gasteiger partial charge in [-0.3, -0.25) is 4.79 Å². The summed E-state index contributed by atoms with van der Waals surface area (Å²) in [6.07, 6.45) is -6.17. The van der Waals surface area contributed by atoms with E-state index in [-0.39, 0.29) is 12.1 Å². The summed E-state index contributed by atoms with van der Waals surface area (Å²) in [4.78, 5) is 23.2. The number of hydrogen-bond acceptors (Lipinski definition) is 4. The zero-order chi connectivity index (χ0) is 19.5. The number of carbonyl (C=O) groups is 2. The van der Waals surface area contributed by atoms with E-state index in [1.54, 1.807) is 31.2 Å². The number of carboxylic acids is 1. The predicted molar refractivity (Wildman–Crippen MR) is 85.3 cm³/mol. The largest absolute Gasteiger partial charge is 0.480 e. The van der Waals surface area contributed by atoms with E-state index in [0.717, 1.165) is 0 Å². The molecular formula is C15H14ClF3N4O3. The molecule has 11 heteroatoms. The SMILES string of the molecule is CCc1c(C(=O)NC(CC(F)(F)F)C(=O)O)nnn1-c1cccc(Cl)c1. The number of halogens is 4. The van der Waals surface area contributed by atoms with Gasteiger partial charge in [0.05, 0.1) is 17.8 Å². The third-order valence-corrected chi connectivity index (χ3v) is 3.64. The topological polar surface area (TPSA) is 97.1 Å². The van der Waals surface area contributed by atoms with E-state index >= 15 is 0 Å². The monoisotopic (exact) mass is 390 g/mol. The summed E-state index contributed by atoms with van der Waals surface area (Å²) in [5.74, 6) is -2.84. The molecule has 0 spiro atoms. The molecule has 2 aromatic rings. The van der Waals surface area contributed by atoms with Crippen molar-refractivity contribution in [3.8, 4) is 5.69 Å². The Bertz CT molecular complexity index is 823. The van der Waals surface area contributed by atoms with E-state index in [9.17, 15) is 22.8 Å². The van der Waals surface area contributed by atoms with Crippen LogP contribution >= 0.6 is 11.6 Å². The van der Waals surface area contributed by atoms with Crippen molar-refractivity contribution in [3.05, 3.63) is 40.7 Å². The lowest BCUT2D eigenvalue weighted by atomic mass is 10.1. The zero-order valence-electron chi connectivity index (χ0n) is 13.4. The van der Waals surface area contributed by atoms with Crippen molar-refractivity contribution >= 4 is 23.5 Å². The first-order chi connectivity index (χ1) is 12.1. The van der Waals surface area contributed by atoms with Crippen LogP contribution in [0.3, 0.4) is 0 Å². The van der Waals surface area contributed by atoms with Gasteiger partial charge in [0.25, 0.3) is 5.91 Å². The number of carboxylic acid groups (broad SMARTS) is 1. The van der Waals surface area contributed by atoms with Crippen LogP contribution < -0.4 is 5.32 Å². The quantitative estimate of drug-likeness (QED) is 0.790. The summed E-state index contributed by atoms with van der Waals surface area (Å²) < 4.78 is 38.7. The molecule has 1 unspecified atom stereocenters. The van der Waals surface area contributed by atoms with Crippen LogP contribution in [-0.4, -0.2) is 44.2 Å². The fourth-order valence-corrected chi connectivity index (χ4v) is 2.45. The van der Waals surface area contributed by atoms with Gasteiger partial charge in [-0.25, -0.2) is 9.48 Å².